The summed E-state index contributed by atoms with van der Waals surface area (Å²) < 4.78 is 5.21. The largest absolute Gasteiger partial charge is 0.462 e. The van der Waals surface area contributed by atoms with Gasteiger partial charge in [-0.25, -0.2) is 4.79 Å². The monoisotopic (exact) mass is 392 g/mol. The molecule has 1 fully saturated rings. The quantitative estimate of drug-likeness (QED) is 0.745. The molecular formula is C19H21ClN2O3S. The van der Waals surface area contributed by atoms with Crippen LogP contribution in [0.15, 0.2) is 29.6 Å². The molecule has 1 N–H and O–H groups in total. The lowest BCUT2D eigenvalue weighted by Gasteiger charge is -2.14. The molecule has 1 aliphatic rings. The normalized spacial score (nSPS) is 14.4. The average molecular weight is 393 g/mol. The highest BCUT2D eigenvalue weighted by atomic mass is 35.5. The van der Waals surface area contributed by atoms with Crippen LogP contribution in [-0.4, -0.2) is 43.0 Å². The molecule has 7 heteroatoms. The van der Waals surface area contributed by atoms with Gasteiger partial charge in [-0.1, -0.05) is 23.7 Å². The topological polar surface area (TPSA) is 58.6 Å². The second-order valence-corrected chi connectivity index (χ2v) is 7.43. The number of likely N-dealkylation sites (tertiary alicyclic amines) is 1. The van der Waals surface area contributed by atoms with E-state index < -0.39 is 5.97 Å². The highest BCUT2D eigenvalue weighted by molar-refractivity contribution is 7.15. The minimum absolute atomic E-state index is 0.109. The predicted octanol–water partition coefficient (Wildman–Crippen LogP) is 4.28. The summed E-state index contributed by atoms with van der Waals surface area (Å²) in [6, 6.07) is 7.25. The molecule has 1 saturated heterocycles. The van der Waals surface area contributed by atoms with E-state index in [9.17, 15) is 9.59 Å². The molecule has 1 aliphatic heterocycles. The van der Waals surface area contributed by atoms with Crippen LogP contribution in [-0.2, 0) is 9.53 Å². The molecule has 3 rings (SSSR count). The number of ether oxygens (including phenoxy) is 1. The predicted molar refractivity (Wildman–Crippen MR) is 105 cm³/mol. The van der Waals surface area contributed by atoms with Gasteiger partial charge in [0.25, 0.3) is 0 Å². The first-order valence-electron chi connectivity index (χ1n) is 8.65. The number of carbonyl (C=O) groups is 2. The van der Waals surface area contributed by atoms with Crippen LogP contribution in [0.4, 0.5) is 5.00 Å². The zero-order valence-electron chi connectivity index (χ0n) is 14.6. The summed E-state index contributed by atoms with van der Waals surface area (Å²) >= 11 is 7.29. The van der Waals surface area contributed by atoms with Crippen molar-refractivity contribution in [3.63, 3.8) is 0 Å². The Morgan fingerprint density at radius 3 is 2.58 bits per heavy atom. The molecule has 2 aromatic rings. The van der Waals surface area contributed by atoms with Crippen molar-refractivity contribution in [1.29, 1.82) is 0 Å². The molecule has 0 aliphatic carbocycles. The molecule has 1 aromatic heterocycles. The van der Waals surface area contributed by atoms with Gasteiger partial charge in [0, 0.05) is 16.0 Å². The Kier molecular flexibility index (Phi) is 6.29. The standard InChI is InChI=1S/C19H21ClN2O3S/c1-2-25-19(24)17-15(13-5-7-14(20)8-6-13)12-26-18(17)21-16(23)11-22-9-3-4-10-22/h5-8,12H,2-4,9-11H2,1H3,(H,21,23). The summed E-state index contributed by atoms with van der Waals surface area (Å²) in [5, 5.41) is 5.90. The molecule has 0 unspecified atom stereocenters. The van der Waals surface area contributed by atoms with Gasteiger partial charge in [0.05, 0.1) is 13.2 Å². The van der Waals surface area contributed by atoms with Crippen LogP contribution >= 0.6 is 22.9 Å². The second kappa shape index (κ2) is 8.66. The van der Waals surface area contributed by atoms with Gasteiger partial charge in [-0.3, -0.25) is 9.69 Å². The average Bonchev–Trinajstić information content (AvgIpc) is 3.25. The zero-order chi connectivity index (χ0) is 18.5. The molecule has 5 nitrogen and oxygen atoms in total. The van der Waals surface area contributed by atoms with E-state index in [-0.39, 0.29) is 12.5 Å². The van der Waals surface area contributed by atoms with Crippen molar-refractivity contribution in [2.45, 2.75) is 19.8 Å². The molecule has 0 bridgehead atoms. The lowest BCUT2D eigenvalue weighted by Crippen LogP contribution is -2.31. The summed E-state index contributed by atoms with van der Waals surface area (Å²) in [5.74, 6) is -0.544. The van der Waals surface area contributed by atoms with Crippen LogP contribution < -0.4 is 5.32 Å². The van der Waals surface area contributed by atoms with Gasteiger partial charge >= 0.3 is 5.97 Å². The molecule has 0 spiro atoms. The van der Waals surface area contributed by atoms with Gasteiger partial charge in [0.15, 0.2) is 0 Å². The van der Waals surface area contributed by atoms with Crippen LogP contribution in [0.2, 0.25) is 5.02 Å². The third-order valence-corrected chi connectivity index (χ3v) is 5.39. The Morgan fingerprint density at radius 1 is 1.23 bits per heavy atom. The lowest BCUT2D eigenvalue weighted by molar-refractivity contribution is -0.117. The number of halogens is 1. The maximum atomic E-state index is 12.5. The number of carbonyl (C=O) groups excluding carboxylic acids is 2. The van der Waals surface area contributed by atoms with Crippen LogP contribution in [0.3, 0.4) is 0 Å². The van der Waals surface area contributed by atoms with E-state index in [1.54, 1.807) is 19.1 Å². The molecule has 0 saturated carbocycles. The van der Waals surface area contributed by atoms with Crippen LogP contribution in [0.1, 0.15) is 30.1 Å². The van der Waals surface area contributed by atoms with Crippen molar-refractivity contribution in [2.24, 2.45) is 0 Å². The Labute approximate surface area is 161 Å². The molecule has 1 amide bonds. The van der Waals surface area contributed by atoms with Crippen molar-refractivity contribution in [1.82, 2.24) is 4.90 Å². The van der Waals surface area contributed by atoms with E-state index in [4.69, 9.17) is 16.3 Å². The number of rotatable bonds is 6. The first-order chi connectivity index (χ1) is 12.6. The SMILES string of the molecule is CCOC(=O)c1c(-c2ccc(Cl)cc2)csc1NC(=O)CN1CCCC1. The van der Waals surface area contributed by atoms with Crippen molar-refractivity contribution >= 4 is 39.8 Å². The van der Waals surface area contributed by atoms with E-state index in [0.29, 0.717) is 22.1 Å². The minimum Gasteiger partial charge on any atom is -0.462 e. The van der Waals surface area contributed by atoms with E-state index in [0.717, 1.165) is 37.1 Å². The fourth-order valence-corrected chi connectivity index (χ4v) is 4.11. The Bertz CT molecular complexity index is 783. The summed E-state index contributed by atoms with van der Waals surface area (Å²) in [6.45, 7) is 4.27. The van der Waals surface area contributed by atoms with Crippen molar-refractivity contribution in [2.75, 3.05) is 31.6 Å². The molecule has 138 valence electrons. The highest BCUT2D eigenvalue weighted by Crippen LogP contribution is 2.36. The van der Waals surface area contributed by atoms with Gasteiger partial charge in [-0.05, 0) is 50.6 Å². The third kappa shape index (κ3) is 4.44. The summed E-state index contributed by atoms with van der Waals surface area (Å²) in [6.07, 6.45) is 2.25. The molecule has 1 aromatic carbocycles. The molecule has 0 radical (unpaired) electrons. The zero-order valence-corrected chi connectivity index (χ0v) is 16.2. The van der Waals surface area contributed by atoms with Gasteiger partial charge in [0.2, 0.25) is 5.91 Å². The van der Waals surface area contributed by atoms with E-state index in [1.165, 1.54) is 11.3 Å². The van der Waals surface area contributed by atoms with Crippen molar-refractivity contribution < 1.29 is 14.3 Å². The number of amides is 1. The molecule has 26 heavy (non-hydrogen) atoms. The van der Waals surface area contributed by atoms with Gasteiger partial charge < -0.3 is 10.1 Å². The summed E-state index contributed by atoms with van der Waals surface area (Å²) in [5.41, 5.74) is 1.99. The number of nitrogens with one attached hydrogen (secondary N) is 1. The first kappa shape index (κ1) is 18.9. The van der Waals surface area contributed by atoms with E-state index in [2.05, 4.69) is 10.2 Å². The van der Waals surface area contributed by atoms with Gasteiger partial charge in [-0.15, -0.1) is 11.3 Å². The molecular weight excluding hydrogens is 372 g/mol. The Hall–Kier alpha value is -1.89. The van der Waals surface area contributed by atoms with Gasteiger partial charge in [0.1, 0.15) is 10.6 Å². The van der Waals surface area contributed by atoms with Gasteiger partial charge in [-0.2, -0.15) is 0 Å². The van der Waals surface area contributed by atoms with Crippen LogP contribution in [0.25, 0.3) is 11.1 Å². The summed E-state index contributed by atoms with van der Waals surface area (Å²) in [7, 11) is 0. The maximum Gasteiger partial charge on any atom is 0.341 e. The first-order valence-corrected chi connectivity index (χ1v) is 9.91. The summed E-state index contributed by atoms with van der Waals surface area (Å²) in [4.78, 5) is 27.0. The van der Waals surface area contributed by atoms with E-state index >= 15 is 0 Å². The fourth-order valence-electron chi connectivity index (χ4n) is 3.01. The second-order valence-electron chi connectivity index (χ2n) is 6.11. The number of esters is 1. The number of nitrogens with zero attached hydrogens (tertiary/aromatic N) is 1. The third-order valence-electron chi connectivity index (χ3n) is 4.24. The Balaban J connectivity index is 1.85. The smallest absolute Gasteiger partial charge is 0.341 e. The van der Waals surface area contributed by atoms with Crippen molar-refractivity contribution in [3.05, 3.63) is 40.2 Å². The fraction of sp³-hybridized carbons (Fsp3) is 0.368. The Morgan fingerprint density at radius 2 is 1.92 bits per heavy atom. The molecule has 0 atom stereocenters. The van der Waals surface area contributed by atoms with Crippen molar-refractivity contribution in [3.8, 4) is 11.1 Å². The van der Waals surface area contributed by atoms with Crippen LogP contribution in [0, 0.1) is 0 Å². The maximum absolute atomic E-state index is 12.5. The number of hydrogen-bond donors (Lipinski definition) is 1. The highest BCUT2D eigenvalue weighted by Gasteiger charge is 2.23. The minimum atomic E-state index is -0.435. The van der Waals surface area contributed by atoms with Crippen LogP contribution in [0.5, 0.6) is 0 Å². The number of hydrogen-bond acceptors (Lipinski definition) is 5. The molecule has 2 heterocycles. The van der Waals surface area contributed by atoms with E-state index in [1.807, 2.05) is 17.5 Å². The number of benzene rings is 1. The number of anilines is 1. The number of thiophene rings is 1. The lowest BCUT2D eigenvalue weighted by atomic mass is 10.0.